The highest BCUT2D eigenvalue weighted by molar-refractivity contribution is 5.81. The first kappa shape index (κ1) is 19.7. The van der Waals surface area contributed by atoms with Crippen molar-refractivity contribution in [1.82, 2.24) is 19.2 Å². The van der Waals surface area contributed by atoms with Crippen molar-refractivity contribution in [1.29, 1.82) is 0 Å². The zero-order chi connectivity index (χ0) is 21.4. The third-order valence-electron chi connectivity index (χ3n) is 6.08. The van der Waals surface area contributed by atoms with E-state index < -0.39 is 0 Å². The molecule has 0 spiro atoms. The molecule has 4 aromatic rings. The number of β-amino-alcohol motifs (C(OH)–C–C–N with tert-alkyl or cyclic N) is 1. The van der Waals surface area contributed by atoms with Gasteiger partial charge in [0.05, 0.1) is 24.4 Å². The first-order valence-electron chi connectivity index (χ1n) is 10.7. The number of aliphatic hydroxyl groups is 1. The van der Waals surface area contributed by atoms with Crippen molar-refractivity contribution in [2.24, 2.45) is 0 Å². The van der Waals surface area contributed by atoms with Crippen LogP contribution in [0.5, 0.6) is 0 Å². The van der Waals surface area contributed by atoms with Gasteiger partial charge in [0, 0.05) is 43.0 Å². The molecular formula is C25H26N4O2. The van der Waals surface area contributed by atoms with Gasteiger partial charge in [-0.2, -0.15) is 5.10 Å². The molecule has 2 aromatic carbocycles. The number of aliphatic hydroxyl groups excluding tert-OH is 1. The second kappa shape index (κ2) is 8.13. The second-order valence-electron chi connectivity index (χ2n) is 8.34. The standard InChI is InChI=1S/C25H26N4O2/c1-18-2-4-19(5-3-18)20-8-11-28(25(31)15-20)22-6-7-24-21(14-22)16-26-29(24)13-12-27-10-9-23(30)17-27/h2-8,11,14-16,23,30H,9-10,12-13,17H2,1H3/t23-/m1/s1. The predicted molar refractivity (Wildman–Crippen MR) is 123 cm³/mol. The summed E-state index contributed by atoms with van der Waals surface area (Å²) in [4.78, 5) is 15.1. The van der Waals surface area contributed by atoms with Crippen molar-refractivity contribution in [3.8, 4) is 16.8 Å². The van der Waals surface area contributed by atoms with Crippen LogP contribution in [0, 0.1) is 6.92 Å². The molecule has 158 valence electrons. The number of aromatic nitrogens is 3. The summed E-state index contributed by atoms with van der Waals surface area (Å²) in [5.41, 5.74) is 4.98. The van der Waals surface area contributed by atoms with Gasteiger partial charge in [0.2, 0.25) is 0 Å². The number of rotatable bonds is 5. The van der Waals surface area contributed by atoms with E-state index in [1.165, 1.54) is 5.56 Å². The molecule has 1 fully saturated rings. The average Bonchev–Trinajstić information content (AvgIpc) is 3.38. The van der Waals surface area contributed by atoms with E-state index >= 15 is 0 Å². The van der Waals surface area contributed by atoms with E-state index in [1.54, 1.807) is 10.6 Å². The van der Waals surface area contributed by atoms with E-state index in [0.717, 1.165) is 60.3 Å². The van der Waals surface area contributed by atoms with Gasteiger partial charge >= 0.3 is 0 Å². The fraction of sp³-hybridized carbons (Fsp3) is 0.280. The van der Waals surface area contributed by atoms with Crippen LogP contribution in [0.15, 0.2) is 71.8 Å². The first-order valence-corrected chi connectivity index (χ1v) is 10.7. The van der Waals surface area contributed by atoms with Gasteiger partial charge in [-0.3, -0.25) is 18.9 Å². The highest BCUT2D eigenvalue weighted by Crippen LogP contribution is 2.21. The van der Waals surface area contributed by atoms with E-state index in [4.69, 9.17) is 0 Å². The number of hydrogen-bond acceptors (Lipinski definition) is 4. The average molecular weight is 415 g/mol. The molecule has 0 bridgehead atoms. The van der Waals surface area contributed by atoms with Crippen molar-refractivity contribution in [2.45, 2.75) is 26.0 Å². The van der Waals surface area contributed by atoms with E-state index in [2.05, 4.69) is 29.1 Å². The van der Waals surface area contributed by atoms with Gasteiger partial charge in [-0.05, 0) is 48.7 Å². The van der Waals surface area contributed by atoms with Crippen molar-refractivity contribution in [3.63, 3.8) is 0 Å². The van der Waals surface area contributed by atoms with E-state index in [-0.39, 0.29) is 11.7 Å². The van der Waals surface area contributed by atoms with Gasteiger partial charge in [-0.1, -0.05) is 29.8 Å². The molecule has 0 unspecified atom stereocenters. The number of pyridine rings is 1. The van der Waals surface area contributed by atoms with Gasteiger partial charge in [-0.15, -0.1) is 0 Å². The van der Waals surface area contributed by atoms with Gasteiger partial charge in [0.15, 0.2) is 0 Å². The Hall–Kier alpha value is -3.22. The molecule has 0 amide bonds. The van der Waals surface area contributed by atoms with Crippen molar-refractivity contribution < 1.29 is 5.11 Å². The molecule has 0 aliphatic carbocycles. The molecule has 2 aromatic heterocycles. The molecule has 1 atom stereocenters. The minimum Gasteiger partial charge on any atom is -0.392 e. The molecule has 6 nitrogen and oxygen atoms in total. The summed E-state index contributed by atoms with van der Waals surface area (Å²) in [5, 5.41) is 15.2. The highest BCUT2D eigenvalue weighted by Gasteiger charge is 2.19. The Morgan fingerprint density at radius 2 is 1.87 bits per heavy atom. The maximum atomic E-state index is 12.8. The molecule has 3 heterocycles. The lowest BCUT2D eigenvalue weighted by Gasteiger charge is -2.15. The summed E-state index contributed by atoms with van der Waals surface area (Å²) in [6, 6.07) is 17.8. The zero-order valence-corrected chi connectivity index (χ0v) is 17.6. The van der Waals surface area contributed by atoms with E-state index in [0.29, 0.717) is 0 Å². The van der Waals surface area contributed by atoms with Gasteiger partial charge in [0.1, 0.15) is 0 Å². The number of hydrogen-bond donors (Lipinski definition) is 1. The second-order valence-corrected chi connectivity index (χ2v) is 8.34. The number of likely N-dealkylation sites (tertiary alicyclic amines) is 1. The van der Waals surface area contributed by atoms with Crippen LogP contribution in [0.4, 0.5) is 0 Å². The third kappa shape index (κ3) is 4.04. The van der Waals surface area contributed by atoms with Crippen LogP contribution in [-0.2, 0) is 6.54 Å². The Bertz CT molecular complexity index is 1270. The maximum absolute atomic E-state index is 12.8. The molecule has 1 aliphatic rings. The third-order valence-corrected chi connectivity index (χ3v) is 6.08. The zero-order valence-electron chi connectivity index (χ0n) is 17.6. The van der Waals surface area contributed by atoms with Crippen LogP contribution >= 0.6 is 0 Å². The van der Waals surface area contributed by atoms with E-state index in [9.17, 15) is 9.90 Å². The van der Waals surface area contributed by atoms with Crippen LogP contribution in [0.1, 0.15) is 12.0 Å². The van der Waals surface area contributed by atoms with Crippen LogP contribution in [-0.4, -0.2) is 50.1 Å². The topological polar surface area (TPSA) is 63.3 Å². The molecule has 5 rings (SSSR count). The van der Waals surface area contributed by atoms with Crippen molar-refractivity contribution in [3.05, 3.63) is 82.9 Å². The summed E-state index contributed by atoms with van der Waals surface area (Å²) < 4.78 is 3.66. The summed E-state index contributed by atoms with van der Waals surface area (Å²) in [6.45, 7) is 5.38. The summed E-state index contributed by atoms with van der Waals surface area (Å²) in [5.74, 6) is 0. The van der Waals surface area contributed by atoms with Crippen molar-refractivity contribution >= 4 is 10.9 Å². The Morgan fingerprint density at radius 1 is 1.03 bits per heavy atom. The van der Waals surface area contributed by atoms with Crippen molar-refractivity contribution in [2.75, 3.05) is 19.6 Å². The van der Waals surface area contributed by atoms with Crippen LogP contribution in [0.25, 0.3) is 27.7 Å². The number of fused-ring (bicyclic) bond motifs is 1. The van der Waals surface area contributed by atoms with E-state index in [1.807, 2.05) is 53.5 Å². The molecule has 1 saturated heterocycles. The molecule has 31 heavy (non-hydrogen) atoms. The fourth-order valence-corrected chi connectivity index (χ4v) is 4.27. The van der Waals surface area contributed by atoms with Crippen LogP contribution in [0.3, 0.4) is 0 Å². The minimum absolute atomic E-state index is 0.0580. The molecule has 0 saturated carbocycles. The molecule has 1 N–H and O–H groups in total. The Morgan fingerprint density at radius 3 is 2.61 bits per heavy atom. The Kier molecular flexibility index (Phi) is 5.18. The predicted octanol–water partition coefficient (Wildman–Crippen LogP) is 3.23. The highest BCUT2D eigenvalue weighted by atomic mass is 16.3. The Balaban J connectivity index is 1.38. The lowest BCUT2D eigenvalue weighted by molar-refractivity contribution is 0.175. The minimum atomic E-state index is -0.201. The van der Waals surface area contributed by atoms with Gasteiger partial charge < -0.3 is 5.11 Å². The van der Waals surface area contributed by atoms with Crippen LogP contribution in [0.2, 0.25) is 0 Å². The summed E-state index contributed by atoms with van der Waals surface area (Å²) in [6.07, 6.45) is 4.33. The molecular weight excluding hydrogens is 388 g/mol. The molecule has 1 aliphatic heterocycles. The lowest BCUT2D eigenvalue weighted by atomic mass is 10.1. The lowest BCUT2D eigenvalue weighted by Crippen LogP contribution is -2.26. The summed E-state index contributed by atoms with van der Waals surface area (Å²) >= 11 is 0. The molecule has 6 heteroatoms. The molecule has 0 radical (unpaired) electrons. The van der Waals surface area contributed by atoms with Gasteiger partial charge in [0.25, 0.3) is 5.56 Å². The quantitative estimate of drug-likeness (QED) is 0.545. The number of aryl methyl sites for hydroxylation is 1. The fourth-order valence-electron chi connectivity index (χ4n) is 4.27. The first-order chi connectivity index (χ1) is 15.1. The normalized spacial score (nSPS) is 16.9. The smallest absolute Gasteiger partial charge is 0.255 e. The van der Waals surface area contributed by atoms with Crippen LogP contribution < -0.4 is 5.56 Å². The largest absolute Gasteiger partial charge is 0.392 e. The number of nitrogens with zero attached hydrogens (tertiary/aromatic N) is 4. The number of benzene rings is 2. The monoisotopic (exact) mass is 414 g/mol. The SMILES string of the molecule is Cc1ccc(-c2ccn(-c3ccc4c(cnn4CCN4CC[C@@H](O)C4)c3)c(=O)c2)cc1. The summed E-state index contributed by atoms with van der Waals surface area (Å²) in [7, 11) is 0. The maximum Gasteiger partial charge on any atom is 0.255 e. The van der Waals surface area contributed by atoms with Gasteiger partial charge in [-0.25, -0.2) is 0 Å². The Labute approximate surface area is 181 Å².